The van der Waals surface area contributed by atoms with Gasteiger partial charge < -0.3 is 10.2 Å². The number of aryl methyl sites for hydroxylation is 1. The van der Waals surface area contributed by atoms with E-state index < -0.39 is 0 Å². The highest BCUT2D eigenvalue weighted by Gasteiger charge is 2.42. The fourth-order valence-electron chi connectivity index (χ4n) is 3.47. The molecule has 1 atom stereocenters. The molecule has 3 rings (SSSR count). The summed E-state index contributed by atoms with van der Waals surface area (Å²) in [5.74, 6) is 0.109. The maximum atomic E-state index is 12.0. The summed E-state index contributed by atoms with van der Waals surface area (Å²) in [6, 6.07) is 3.96. The number of carbonyl (C=O) groups is 1. The van der Waals surface area contributed by atoms with Crippen molar-refractivity contribution in [3.63, 3.8) is 0 Å². The van der Waals surface area contributed by atoms with Crippen LogP contribution < -0.4 is 10.2 Å². The maximum Gasteiger partial charge on any atom is 0.223 e. The Morgan fingerprint density at radius 1 is 1.47 bits per heavy atom. The summed E-state index contributed by atoms with van der Waals surface area (Å²) >= 11 is 6.39. The molecule has 0 saturated carbocycles. The van der Waals surface area contributed by atoms with E-state index in [9.17, 15) is 4.79 Å². The summed E-state index contributed by atoms with van der Waals surface area (Å²) in [6.45, 7) is 6.51. The highest BCUT2D eigenvalue weighted by molar-refractivity contribution is 6.32. The molecule has 1 spiro atoms. The summed E-state index contributed by atoms with van der Waals surface area (Å²) in [7, 11) is 0. The van der Waals surface area contributed by atoms with E-state index in [-0.39, 0.29) is 11.3 Å². The Morgan fingerprint density at radius 3 is 2.89 bits per heavy atom. The van der Waals surface area contributed by atoms with Crippen molar-refractivity contribution in [2.45, 2.75) is 26.7 Å². The highest BCUT2D eigenvalue weighted by atomic mass is 35.5. The van der Waals surface area contributed by atoms with Gasteiger partial charge in [0.2, 0.25) is 5.91 Å². The van der Waals surface area contributed by atoms with Crippen molar-refractivity contribution in [1.29, 1.82) is 0 Å². The third-order valence-electron chi connectivity index (χ3n) is 4.45. The van der Waals surface area contributed by atoms with Crippen LogP contribution in [-0.2, 0) is 11.2 Å². The van der Waals surface area contributed by atoms with Gasteiger partial charge in [0.25, 0.3) is 0 Å². The lowest BCUT2D eigenvalue weighted by Crippen LogP contribution is -2.47. The summed E-state index contributed by atoms with van der Waals surface area (Å²) in [5, 5.41) is 4.22. The van der Waals surface area contributed by atoms with Crippen LogP contribution in [0.3, 0.4) is 0 Å². The normalized spacial score (nSPS) is 25.7. The van der Waals surface area contributed by atoms with Gasteiger partial charge in [-0.2, -0.15) is 0 Å². The number of hydrogen-bond acceptors (Lipinski definition) is 2. The summed E-state index contributed by atoms with van der Waals surface area (Å²) < 4.78 is 0. The Balaban J connectivity index is 2.14. The second-order valence-corrected chi connectivity index (χ2v) is 6.31. The van der Waals surface area contributed by atoms with E-state index in [0.29, 0.717) is 0 Å². The Bertz CT molecular complexity index is 535. The average molecular weight is 279 g/mol. The molecular formula is C15H19ClN2O. The fourth-order valence-corrected chi connectivity index (χ4v) is 3.69. The minimum atomic E-state index is 0.109. The summed E-state index contributed by atoms with van der Waals surface area (Å²) in [5.41, 5.74) is 3.48. The average Bonchev–Trinajstić information content (AvgIpc) is 2.81. The number of carbonyl (C=O) groups excluding carboxylic acids is 1. The van der Waals surface area contributed by atoms with Gasteiger partial charge in [0.05, 0.1) is 5.69 Å². The van der Waals surface area contributed by atoms with Crippen LogP contribution in [0.25, 0.3) is 0 Å². The second-order valence-electron chi connectivity index (χ2n) is 5.90. The number of fused-ring (bicyclic) bond motifs is 1. The van der Waals surface area contributed by atoms with Crippen molar-refractivity contribution < 1.29 is 4.79 Å². The van der Waals surface area contributed by atoms with Crippen LogP contribution >= 0.6 is 11.6 Å². The molecule has 2 aliphatic heterocycles. The van der Waals surface area contributed by atoms with Crippen molar-refractivity contribution in [2.24, 2.45) is 5.41 Å². The molecule has 3 nitrogen and oxygen atoms in total. The lowest BCUT2D eigenvalue weighted by Gasteiger charge is -2.42. The largest absolute Gasteiger partial charge is 0.316 e. The van der Waals surface area contributed by atoms with E-state index in [1.165, 1.54) is 0 Å². The number of halogens is 1. The number of nitrogens with zero attached hydrogens (tertiary/aromatic N) is 1. The smallest absolute Gasteiger partial charge is 0.223 e. The second kappa shape index (κ2) is 4.50. The molecule has 1 aromatic rings. The van der Waals surface area contributed by atoms with Crippen molar-refractivity contribution in [1.82, 2.24) is 5.32 Å². The number of hydrogen-bond donors (Lipinski definition) is 1. The van der Waals surface area contributed by atoms with Gasteiger partial charge in [0.15, 0.2) is 0 Å². The lowest BCUT2D eigenvalue weighted by molar-refractivity contribution is -0.117. The van der Waals surface area contributed by atoms with Crippen molar-refractivity contribution >= 4 is 23.2 Å². The summed E-state index contributed by atoms with van der Waals surface area (Å²) in [4.78, 5) is 14.0. The van der Waals surface area contributed by atoms with Crippen molar-refractivity contribution in [2.75, 3.05) is 24.5 Å². The van der Waals surface area contributed by atoms with Crippen molar-refractivity contribution in [3.8, 4) is 0 Å². The third-order valence-corrected chi connectivity index (χ3v) is 4.81. The molecule has 4 heteroatoms. The van der Waals surface area contributed by atoms with Crippen molar-refractivity contribution in [3.05, 3.63) is 28.3 Å². The standard InChI is InChI=1S/C15H19ClN2O/c1-10-3-4-13(16)12-7-15(5-6-17-8-15)9-18(11(2)19)14(10)12/h3-4,17H,5-9H2,1-2H3. The van der Waals surface area contributed by atoms with Gasteiger partial charge >= 0.3 is 0 Å². The maximum absolute atomic E-state index is 12.0. The highest BCUT2D eigenvalue weighted by Crippen LogP contribution is 2.44. The predicted octanol–water partition coefficient (Wildman–Crippen LogP) is 2.54. The number of amides is 1. The minimum absolute atomic E-state index is 0.109. The zero-order valence-electron chi connectivity index (χ0n) is 11.4. The Hall–Kier alpha value is -1.06. The van der Waals surface area contributed by atoms with Crippen LogP contribution in [0.5, 0.6) is 0 Å². The Kier molecular flexibility index (Phi) is 3.06. The third kappa shape index (κ3) is 2.05. The van der Waals surface area contributed by atoms with Crippen LogP contribution in [0.15, 0.2) is 12.1 Å². The first-order chi connectivity index (χ1) is 9.02. The predicted molar refractivity (Wildman–Crippen MR) is 77.8 cm³/mol. The van der Waals surface area contributed by atoms with Gasteiger partial charge in [-0.15, -0.1) is 0 Å². The van der Waals surface area contributed by atoms with Crippen LogP contribution in [0.1, 0.15) is 24.5 Å². The molecule has 102 valence electrons. The molecular weight excluding hydrogens is 260 g/mol. The van der Waals surface area contributed by atoms with Gasteiger partial charge in [-0.25, -0.2) is 0 Å². The molecule has 2 heterocycles. The summed E-state index contributed by atoms with van der Waals surface area (Å²) in [6.07, 6.45) is 2.08. The molecule has 2 aliphatic rings. The monoisotopic (exact) mass is 278 g/mol. The topological polar surface area (TPSA) is 32.3 Å². The van der Waals surface area contributed by atoms with Crippen LogP contribution in [0, 0.1) is 12.3 Å². The zero-order chi connectivity index (χ0) is 13.6. The number of anilines is 1. The van der Waals surface area contributed by atoms with Gasteiger partial charge in [-0.1, -0.05) is 17.7 Å². The molecule has 19 heavy (non-hydrogen) atoms. The molecule has 1 N–H and O–H groups in total. The van der Waals surface area contributed by atoms with E-state index in [1.54, 1.807) is 6.92 Å². The van der Waals surface area contributed by atoms with Gasteiger partial charge in [0.1, 0.15) is 0 Å². The quantitative estimate of drug-likeness (QED) is 0.791. The molecule has 0 aromatic heterocycles. The van der Waals surface area contributed by atoms with Gasteiger partial charge in [0, 0.05) is 30.5 Å². The molecule has 0 bridgehead atoms. The van der Waals surface area contributed by atoms with Crippen LogP contribution in [0.2, 0.25) is 5.02 Å². The molecule has 1 saturated heterocycles. The number of rotatable bonds is 0. The first kappa shape index (κ1) is 12.9. The zero-order valence-corrected chi connectivity index (χ0v) is 12.2. The van der Waals surface area contributed by atoms with Gasteiger partial charge in [-0.05, 0) is 43.5 Å². The molecule has 0 radical (unpaired) electrons. The van der Waals surface area contributed by atoms with E-state index in [0.717, 1.165) is 54.3 Å². The number of benzene rings is 1. The lowest BCUT2D eigenvalue weighted by atomic mass is 9.76. The Labute approximate surface area is 118 Å². The molecule has 0 aliphatic carbocycles. The van der Waals surface area contributed by atoms with E-state index in [2.05, 4.69) is 12.2 Å². The number of nitrogens with one attached hydrogen (secondary N) is 1. The van der Waals surface area contributed by atoms with E-state index in [4.69, 9.17) is 11.6 Å². The molecule has 1 aromatic carbocycles. The first-order valence-electron chi connectivity index (χ1n) is 6.79. The van der Waals surface area contributed by atoms with E-state index in [1.807, 2.05) is 17.0 Å². The van der Waals surface area contributed by atoms with E-state index >= 15 is 0 Å². The minimum Gasteiger partial charge on any atom is -0.316 e. The molecule has 1 unspecified atom stereocenters. The fraction of sp³-hybridized carbons (Fsp3) is 0.533. The van der Waals surface area contributed by atoms with Gasteiger partial charge in [-0.3, -0.25) is 4.79 Å². The van der Waals surface area contributed by atoms with Crippen LogP contribution in [-0.4, -0.2) is 25.5 Å². The Morgan fingerprint density at radius 2 is 2.26 bits per heavy atom. The molecule has 1 amide bonds. The molecule has 1 fully saturated rings. The SMILES string of the molecule is CC(=O)N1CC2(CCNC2)Cc2c(Cl)ccc(C)c21. The van der Waals surface area contributed by atoms with Crippen LogP contribution in [0.4, 0.5) is 5.69 Å². The first-order valence-corrected chi connectivity index (χ1v) is 7.17.